The number of benzene rings is 1. The molecule has 0 amide bonds. The second kappa shape index (κ2) is 5.54. The molecule has 2 aromatic rings. The molecular formula is C13H15BrN2O2. The van der Waals surface area contributed by atoms with Crippen molar-refractivity contribution in [3.63, 3.8) is 0 Å². The lowest BCUT2D eigenvalue weighted by atomic mass is 10.1. The molecule has 1 aromatic heterocycles. The van der Waals surface area contributed by atoms with E-state index in [-0.39, 0.29) is 6.42 Å². The zero-order valence-corrected chi connectivity index (χ0v) is 11.7. The van der Waals surface area contributed by atoms with E-state index in [1.54, 1.807) is 0 Å². The van der Waals surface area contributed by atoms with Gasteiger partial charge in [-0.15, -0.1) is 0 Å². The minimum Gasteiger partial charge on any atom is -0.481 e. The van der Waals surface area contributed by atoms with Crippen LogP contribution in [-0.2, 0) is 11.3 Å². The summed E-state index contributed by atoms with van der Waals surface area (Å²) in [7, 11) is 1.93. The average molecular weight is 311 g/mol. The normalized spacial score (nSPS) is 11.3. The molecule has 0 radical (unpaired) electrons. The molecule has 0 saturated heterocycles. The van der Waals surface area contributed by atoms with E-state index in [4.69, 9.17) is 5.11 Å². The highest BCUT2D eigenvalue weighted by Gasteiger charge is 2.08. The Balaban J connectivity index is 2.11. The lowest BCUT2D eigenvalue weighted by Gasteiger charge is -2.14. The number of aromatic amines is 1. The second-order valence-corrected chi connectivity index (χ2v) is 5.30. The van der Waals surface area contributed by atoms with Gasteiger partial charge in [0.2, 0.25) is 0 Å². The molecule has 0 bridgehead atoms. The van der Waals surface area contributed by atoms with Crippen LogP contribution in [0.3, 0.4) is 0 Å². The molecule has 2 rings (SSSR count). The third-order valence-electron chi connectivity index (χ3n) is 2.88. The molecule has 1 heterocycles. The smallest absolute Gasteiger partial charge is 0.304 e. The van der Waals surface area contributed by atoms with Gasteiger partial charge in [0.05, 0.1) is 6.42 Å². The highest BCUT2D eigenvalue weighted by molar-refractivity contribution is 9.10. The maximum Gasteiger partial charge on any atom is 0.304 e. The first kappa shape index (κ1) is 13.1. The highest BCUT2D eigenvalue weighted by atomic mass is 79.9. The van der Waals surface area contributed by atoms with E-state index in [0.717, 1.165) is 16.5 Å². The molecule has 4 nitrogen and oxygen atoms in total. The van der Waals surface area contributed by atoms with Crippen LogP contribution < -0.4 is 0 Å². The summed E-state index contributed by atoms with van der Waals surface area (Å²) in [5.74, 6) is -0.761. The van der Waals surface area contributed by atoms with E-state index in [1.165, 1.54) is 10.9 Å². The molecule has 0 saturated carbocycles. The summed E-state index contributed by atoms with van der Waals surface area (Å²) >= 11 is 3.46. The quantitative estimate of drug-likeness (QED) is 0.893. The third-order valence-corrected chi connectivity index (χ3v) is 3.37. The minimum absolute atomic E-state index is 0.169. The Labute approximate surface area is 114 Å². The standard InChI is InChI=1S/C13H15BrN2O2/c1-16(5-4-13(17)18)8-9-7-15-12-3-2-10(14)6-11(9)12/h2-3,6-7,15H,4-5,8H2,1H3,(H,17,18). The van der Waals surface area contributed by atoms with Gasteiger partial charge < -0.3 is 15.0 Å². The van der Waals surface area contributed by atoms with Crippen molar-refractivity contribution in [2.24, 2.45) is 0 Å². The fourth-order valence-corrected chi connectivity index (χ4v) is 2.30. The molecule has 2 N–H and O–H groups in total. The zero-order valence-electron chi connectivity index (χ0n) is 10.1. The Morgan fingerprint density at radius 1 is 1.50 bits per heavy atom. The summed E-state index contributed by atoms with van der Waals surface area (Å²) in [6, 6.07) is 6.10. The van der Waals surface area contributed by atoms with Gasteiger partial charge >= 0.3 is 5.97 Å². The van der Waals surface area contributed by atoms with Crippen molar-refractivity contribution >= 4 is 32.8 Å². The lowest BCUT2D eigenvalue weighted by molar-refractivity contribution is -0.137. The van der Waals surface area contributed by atoms with Crippen LogP contribution in [0.2, 0.25) is 0 Å². The average Bonchev–Trinajstić information content (AvgIpc) is 2.69. The van der Waals surface area contributed by atoms with Gasteiger partial charge in [-0.25, -0.2) is 0 Å². The molecule has 0 unspecified atom stereocenters. The summed E-state index contributed by atoms with van der Waals surface area (Å²) in [5, 5.41) is 9.83. The van der Waals surface area contributed by atoms with E-state index in [0.29, 0.717) is 6.54 Å². The molecule has 0 spiro atoms. The number of hydrogen-bond acceptors (Lipinski definition) is 2. The number of hydrogen-bond donors (Lipinski definition) is 2. The number of fused-ring (bicyclic) bond motifs is 1. The van der Waals surface area contributed by atoms with Gasteiger partial charge in [0.1, 0.15) is 0 Å². The van der Waals surface area contributed by atoms with Gasteiger partial charge in [-0.3, -0.25) is 4.79 Å². The number of H-pyrrole nitrogens is 1. The van der Waals surface area contributed by atoms with Crippen molar-refractivity contribution in [1.82, 2.24) is 9.88 Å². The van der Waals surface area contributed by atoms with Crippen molar-refractivity contribution in [3.8, 4) is 0 Å². The van der Waals surface area contributed by atoms with Crippen LogP contribution in [0.5, 0.6) is 0 Å². The molecule has 0 fully saturated rings. The first-order chi connectivity index (χ1) is 8.56. The largest absolute Gasteiger partial charge is 0.481 e. The van der Waals surface area contributed by atoms with Crippen LogP contribution in [0.1, 0.15) is 12.0 Å². The molecule has 5 heteroatoms. The van der Waals surface area contributed by atoms with Crippen molar-refractivity contribution in [3.05, 3.63) is 34.4 Å². The predicted molar refractivity (Wildman–Crippen MR) is 74.6 cm³/mol. The van der Waals surface area contributed by atoms with Crippen molar-refractivity contribution in [2.45, 2.75) is 13.0 Å². The first-order valence-electron chi connectivity index (χ1n) is 5.72. The Morgan fingerprint density at radius 3 is 3.00 bits per heavy atom. The monoisotopic (exact) mass is 310 g/mol. The maximum atomic E-state index is 10.5. The van der Waals surface area contributed by atoms with Crippen LogP contribution in [0.4, 0.5) is 0 Å². The van der Waals surface area contributed by atoms with E-state index in [1.807, 2.05) is 30.3 Å². The summed E-state index contributed by atoms with van der Waals surface area (Å²) in [5.41, 5.74) is 2.28. The fraction of sp³-hybridized carbons (Fsp3) is 0.308. The summed E-state index contributed by atoms with van der Waals surface area (Å²) in [6.07, 6.45) is 2.15. The van der Waals surface area contributed by atoms with E-state index in [9.17, 15) is 4.79 Å². The summed E-state index contributed by atoms with van der Waals surface area (Å²) in [6.45, 7) is 1.29. The van der Waals surface area contributed by atoms with Crippen LogP contribution in [0.15, 0.2) is 28.9 Å². The van der Waals surface area contributed by atoms with Crippen LogP contribution in [-0.4, -0.2) is 34.6 Å². The van der Waals surface area contributed by atoms with E-state index >= 15 is 0 Å². The number of carbonyl (C=O) groups is 1. The molecule has 1 aromatic carbocycles. The first-order valence-corrected chi connectivity index (χ1v) is 6.51. The minimum atomic E-state index is -0.761. The number of carboxylic acid groups (broad SMARTS) is 1. The van der Waals surface area contributed by atoms with Crippen LogP contribution in [0.25, 0.3) is 10.9 Å². The maximum absolute atomic E-state index is 10.5. The zero-order chi connectivity index (χ0) is 13.1. The van der Waals surface area contributed by atoms with E-state index < -0.39 is 5.97 Å². The van der Waals surface area contributed by atoms with Gasteiger partial charge in [0, 0.05) is 34.7 Å². The van der Waals surface area contributed by atoms with E-state index in [2.05, 4.69) is 27.0 Å². The Morgan fingerprint density at radius 2 is 2.28 bits per heavy atom. The lowest BCUT2D eigenvalue weighted by Crippen LogP contribution is -2.21. The number of aliphatic carboxylic acids is 1. The number of nitrogens with zero attached hydrogens (tertiary/aromatic N) is 1. The predicted octanol–water partition coefficient (Wildman–Crippen LogP) is 2.84. The molecule has 0 aliphatic carbocycles. The summed E-state index contributed by atoms with van der Waals surface area (Å²) in [4.78, 5) is 15.8. The number of rotatable bonds is 5. The molecular weight excluding hydrogens is 296 g/mol. The molecule has 96 valence electrons. The van der Waals surface area contributed by atoms with Gasteiger partial charge in [-0.05, 0) is 30.8 Å². The van der Waals surface area contributed by atoms with Crippen LogP contribution >= 0.6 is 15.9 Å². The van der Waals surface area contributed by atoms with Gasteiger partial charge in [-0.1, -0.05) is 15.9 Å². The number of aromatic nitrogens is 1. The Kier molecular flexibility index (Phi) is 4.04. The van der Waals surface area contributed by atoms with Gasteiger partial charge in [0.25, 0.3) is 0 Å². The number of halogens is 1. The fourth-order valence-electron chi connectivity index (χ4n) is 1.94. The highest BCUT2D eigenvalue weighted by Crippen LogP contribution is 2.23. The topological polar surface area (TPSA) is 56.3 Å². The third kappa shape index (κ3) is 3.11. The van der Waals surface area contributed by atoms with Crippen molar-refractivity contribution in [2.75, 3.05) is 13.6 Å². The molecule has 0 aliphatic heterocycles. The second-order valence-electron chi connectivity index (χ2n) is 4.39. The molecule has 0 atom stereocenters. The molecule has 0 aliphatic rings. The number of nitrogens with one attached hydrogen (secondary N) is 1. The molecule has 18 heavy (non-hydrogen) atoms. The Hall–Kier alpha value is -1.33. The van der Waals surface area contributed by atoms with Crippen molar-refractivity contribution < 1.29 is 9.90 Å². The summed E-state index contributed by atoms with van der Waals surface area (Å²) < 4.78 is 1.05. The van der Waals surface area contributed by atoms with Gasteiger partial charge in [-0.2, -0.15) is 0 Å². The Bertz CT molecular complexity index is 565. The van der Waals surface area contributed by atoms with Crippen molar-refractivity contribution in [1.29, 1.82) is 0 Å². The van der Waals surface area contributed by atoms with Crippen LogP contribution in [0, 0.1) is 0 Å². The SMILES string of the molecule is CN(CCC(=O)O)Cc1c[nH]c2ccc(Br)cc12. The number of carboxylic acids is 1. The van der Waals surface area contributed by atoms with Gasteiger partial charge in [0.15, 0.2) is 0 Å².